The molecule has 0 spiro atoms. The lowest BCUT2D eigenvalue weighted by Gasteiger charge is -2.28. The lowest BCUT2D eigenvalue weighted by Crippen LogP contribution is -2.36. The minimum Gasteiger partial charge on any atom is -0.300 e. The van der Waals surface area contributed by atoms with Gasteiger partial charge < -0.3 is 9.88 Å². The van der Waals surface area contributed by atoms with Crippen molar-refractivity contribution in [3.63, 3.8) is 0 Å². The molecule has 9 heteroatoms. The van der Waals surface area contributed by atoms with Gasteiger partial charge in [0.15, 0.2) is 15.0 Å². The highest BCUT2D eigenvalue weighted by Crippen LogP contribution is 2.32. The van der Waals surface area contributed by atoms with E-state index < -0.39 is 15.9 Å². The predicted octanol–water partition coefficient (Wildman–Crippen LogP) is 4.83. The first-order valence-corrected chi connectivity index (χ1v) is 14.2. The van der Waals surface area contributed by atoms with E-state index in [1.165, 1.54) is 29.9 Å². The molecule has 1 N–H and O–H groups in total. The Balaban J connectivity index is 1.71. The Morgan fingerprint density at radius 3 is 2.59 bits per heavy atom. The maximum atomic E-state index is 13.4. The summed E-state index contributed by atoms with van der Waals surface area (Å²) in [4.78, 5) is 31.0. The van der Waals surface area contributed by atoms with Gasteiger partial charge in [-0.1, -0.05) is 44.2 Å². The van der Waals surface area contributed by atoms with Gasteiger partial charge in [-0.15, -0.1) is 11.3 Å². The van der Waals surface area contributed by atoms with Crippen LogP contribution in [0.15, 0.2) is 57.7 Å². The second kappa shape index (κ2) is 10.2. The summed E-state index contributed by atoms with van der Waals surface area (Å²) in [6.07, 6.45) is 9.02. The molecule has 1 aromatic carbocycles. The van der Waals surface area contributed by atoms with Crippen LogP contribution in [0.1, 0.15) is 50.3 Å². The molecule has 1 fully saturated rings. The largest absolute Gasteiger partial charge is 0.300 e. The van der Waals surface area contributed by atoms with Crippen LogP contribution in [-0.2, 0) is 14.6 Å². The van der Waals surface area contributed by atoms with Gasteiger partial charge in [-0.25, -0.2) is 13.4 Å². The molecule has 1 unspecified atom stereocenters. The summed E-state index contributed by atoms with van der Waals surface area (Å²) in [5.41, 5.74) is 1.64. The molecule has 0 radical (unpaired) electrons. The van der Waals surface area contributed by atoms with Crippen molar-refractivity contribution in [1.82, 2.24) is 9.55 Å². The molecule has 0 aliphatic heterocycles. The van der Waals surface area contributed by atoms with E-state index >= 15 is 0 Å². The standard InChI is InChI=1S/C25H29N3O4S2/c1-17-13-20(19-9-6-10-21(15-19)34(2,31)32)16-23(29)28(17)22(14-18-7-4-3-5-8-18)24(30)27-25-26-11-12-33-25/h6,9-13,15-16,18,22H,3-5,7-8,14H2,1-2H3,(H,26,27,30). The van der Waals surface area contributed by atoms with E-state index in [2.05, 4.69) is 10.3 Å². The van der Waals surface area contributed by atoms with Crippen molar-refractivity contribution in [2.45, 2.75) is 56.4 Å². The van der Waals surface area contributed by atoms with Crippen LogP contribution in [0.5, 0.6) is 0 Å². The van der Waals surface area contributed by atoms with Crippen molar-refractivity contribution < 1.29 is 13.2 Å². The molecule has 7 nitrogen and oxygen atoms in total. The highest BCUT2D eigenvalue weighted by molar-refractivity contribution is 7.90. The Morgan fingerprint density at radius 2 is 1.94 bits per heavy atom. The van der Waals surface area contributed by atoms with Crippen molar-refractivity contribution in [3.05, 3.63) is 64.0 Å². The predicted molar refractivity (Wildman–Crippen MR) is 135 cm³/mol. The van der Waals surface area contributed by atoms with Crippen LogP contribution in [0.25, 0.3) is 11.1 Å². The van der Waals surface area contributed by atoms with Gasteiger partial charge in [-0.2, -0.15) is 0 Å². The first kappa shape index (κ1) is 24.3. The number of sulfone groups is 1. The Bertz CT molecular complexity index is 1320. The van der Waals surface area contributed by atoms with Crippen LogP contribution < -0.4 is 10.9 Å². The Morgan fingerprint density at radius 1 is 1.18 bits per heavy atom. The third kappa shape index (κ3) is 5.64. The molecule has 0 saturated heterocycles. The summed E-state index contributed by atoms with van der Waals surface area (Å²) in [6, 6.07) is 9.24. The number of anilines is 1. The zero-order valence-electron chi connectivity index (χ0n) is 19.4. The molecule has 0 bridgehead atoms. The molecule has 4 rings (SSSR count). The number of nitrogens with zero attached hydrogens (tertiary/aromatic N) is 2. The molecule has 1 aliphatic rings. The van der Waals surface area contributed by atoms with E-state index in [-0.39, 0.29) is 16.4 Å². The number of hydrogen-bond donors (Lipinski definition) is 1. The highest BCUT2D eigenvalue weighted by Gasteiger charge is 2.28. The zero-order chi connectivity index (χ0) is 24.3. The molecule has 1 saturated carbocycles. The summed E-state index contributed by atoms with van der Waals surface area (Å²) in [6.45, 7) is 1.82. The Kier molecular flexibility index (Phi) is 7.33. The normalized spacial score (nSPS) is 15.7. The first-order valence-electron chi connectivity index (χ1n) is 11.5. The van der Waals surface area contributed by atoms with E-state index in [1.807, 2.05) is 13.0 Å². The van der Waals surface area contributed by atoms with Gasteiger partial charge in [0, 0.05) is 29.6 Å². The number of benzene rings is 1. The maximum Gasteiger partial charge on any atom is 0.252 e. The number of carbonyl (C=O) groups is 1. The number of pyridine rings is 1. The third-order valence-corrected chi connectivity index (χ3v) is 8.21. The number of aryl methyl sites for hydroxylation is 1. The SMILES string of the molecule is Cc1cc(-c2cccc(S(C)(=O)=O)c2)cc(=O)n1C(CC1CCCCC1)C(=O)Nc1nccs1. The van der Waals surface area contributed by atoms with E-state index in [0.29, 0.717) is 34.3 Å². The maximum absolute atomic E-state index is 13.4. The van der Waals surface area contributed by atoms with Gasteiger partial charge in [0.25, 0.3) is 5.56 Å². The van der Waals surface area contributed by atoms with Gasteiger partial charge in [0.05, 0.1) is 4.90 Å². The van der Waals surface area contributed by atoms with Crippen molar-refractivity contribution in [1.29, 1.82) is 0 Å². The van der Waals surface area contributed by atoms with E-state index in [9.17, 15) is 18.0 Å². The molecule has 180 valence electrons. The molecule has 34 heavy (non-hydrogen) atoms. The van der Waals surface area contributed by atoms with Crippen LogP contribution >= 0.6 is 11.3 Å². The number of aromatic nitrogens is 2. The third-order valence-electron chi connectivity index (χ3n) is 6.41. The van der Waals surface area contributed by atoms with Crippen LogP contribution in [0.3, 0.4) is 0 Å². The van der Waals surface area contributed by atoms with Gasteiger partial charge >= 0.3 is 0 Å². The Labute approximate surface area is 203 Å². The van der Waals surface area contributed by atoms with Gasteiger partial charge in [-0.3, -0.25) is 9.59 Å². The fourth-order valence-electron chi connectivity index (χ4n) is 4.73. The van der Waals surface area contributed by atoms with Crippen LogP contribution in [-0.4, -0.2) is 30.1 Å². The number of amides is 1. The highest BCUT2D eigenvalue weighted by atomic mass is 32.2. The van der Waals surface area contributed by atoms with Gasteiger partial charge in [0.1, 0.15) is 6.04 Å². The van der Waals surface area contributed by atoms with Crippen molar-refractivity contribution in [2.24, 2.45) is 5.92 Å². The average molecular weight is 500 g/mol. The monoisotopic (exact) mass is 499 g/mol. The Hall–Kier alpha value is -2.78. The summed E-state index contributed by atoms with van der Waals surface area (Å²) in [5, 5.41) is 5.18. The molecule has 2 heterocycles. The minimum atomic E-state index is -3.37. The second-order valence-electron chi connectivity index (χ2n) is 8.98. The molecule has 1 amide bonds. The van der Waals surface area contributed by atoms with E-state index in [0.717, 1.165) is 31.9 Å². The number of carbonyl (C=O) groups excluding carboxylic acids is 1. The average Bonchev–Trinajstić information content (AvgIpc) is 3.31. The van der Waals surface area contributed by atoms with Crippen molar-refractivity contribution in [2.75, 3.05) is 11.6 Å². The van der Waals surface area contributed by atoms with E-state index in [1.54, 1.807) is 34.3 Å². The molecular formula is C25H29N3O4S2. The number of rotatable bonds is 7. The number of hydrogen-bond acceptors (Lipinski definition) is 6. The van der Waals surface area contributed by atoms with Crippen LogP contribution in [0.2, 0.25) is 0 Å². The van der Waals surface area contributed by atoms with Crippen LogP contribution in [0.4, 0.5) is 5.13 Å². The summed E-state index contributed by atoms with van der Waals surface area (Å²) in [5.74, 6) is 0.149. The van der Waals surface area contributed by atoms with Crippen molar-refractivity contribution in [3.8, 4) is 11.1 Å². The smallest absolute Gasteiger partial charge is 0.252 e. The first-order chi connectivity index (χ1) is 16.2. The molecular weight excluding hydrogens is 470 g/mol. The lowest BCUT2D eigenvalue weighted by molar-refractivity contribution is -0.120. The fourth-order valence-corrected chi connectivity index (χ4v) is 5.93. The summed E-state index contributed by atoms with van der Waals surface area (Å²) < 4.78 is 25.5. The second-order valence-corrected chi connectivity index (χ2v) is 11.9. The van der Waals surface area contributed by atoms with Crippen molar-refractivity contribution >= 4 is 32.2 Å². The fraction of sp³-hybridized carbons (Fsp3) is 0.400. The molecule has 1 atom stereocenters. The minimum absolute atomic E-state index is 0.199. The van der Waals surface area contributed by atoms with Crippen LogP contribution in [0, 0.1) is 12.8 Å². The summed E-state index contributed by atoms with van der Waals surface area (Å²) in [7, 11) is -3.37. The molecule has 2 aromatic heterocycles. The number of nitrogens with one attached hydrogen (secondary N) is 1. The topological polar surface area (TPSA) is 98.1 Å². The summed E-state index contributed by atoms with van der Waals surface area (Å²) >= 11 is 1.34. The van der Waals surface area contributed by atoms with Gasteiger partial charge in [0.2, 0.25) is 5.91 Å². The number of thiazole rings is 1. The van der Waals surface area contributed by atoms with E-state index in [4.69, 9.17) is 0 Å². The quantitative estimate of drug-likeness (QED) is 0.502. The molecule has 3 aromatic rings. The lowest BCUT2D eigenvalue weighted by atomic mass is 9.84. The molecule has 1 aliphatic carbocycles. The van der Waals surface area contributed by atoms with Gasteiger partial charge in [-0.05, 0) is 48.6 Å². The zero-order valence-corrected chi connectivity index (χ0v) is 21.0.